The summed E-state index contributed by atoms with van der Waals surface area (Å²) in [5, 5.41) is 3.26. The van der Waals surface area contributed by atoms with Crippen molar-refractivity contribution in [1.82, 2.24) is 24.8 Å². The van der Waals surface area contributed by atoms with Gasteiger partial charge in [-0.05, 0) is 45.9 Å². The number of anilines is 2. The summed E-state index contributed by atoms with van der Waals surface area (Å²) in [4.78, 5) is 33.1. The van der Waals surface area contributed by atoms with E-state index in [1.807, 2.05) is 50.8 Å². The predicted octanol–water partition coefficient (Wildman–Crippen LogP) is 3.52. The van der Waals surface area contributed by atoms with Crippen LogP contribution in [0.15, 0.2) is 23.7 Å². The van der Waals surface area contributed by atoms with Crippen LogP contribution in [0, 0.1) is 27.7 Å². The Morgan fingerprint density at radius 2 is 1.83 bits per heavy atom. The minimum atomic E-state index is -0.295. The van der Waals surface area contributed by atoms with E-state index in [0.717, 1.165) is 34.2 Å². The zero-order valence-electron chi connectivity index (χ0n) is 17.5. The minimum absolute atomic E-state index is 0.00191. The van der Waals surface area contributed by atoms with Gasteiger partial charge in [0.25, 0.3) is 5.91 Å². The second kappa shape index (κ2) is 8.45. The van der Waals surface area contributed by atoms with Crippen molar-refractivity contribution in [3.8, 4) is 0 Å². The molecule has 0 radical (unpaired) electrons. The van der Waals surface area contributed by atoms with Crippen LogP contribution in [0.4, 0.5) is 11.6 Å². The number of aryl methyl sites for hydroxylation is 4. The fourth-order valence-corrected chi connectivity index (χ4v) is 4.28. The summed E-state index contributed by atoms with van der Waals surface area (Å²) in [6, 6.07) is 5.81. The average molecular weight is 425 g/mol. The van der Waals surface area contributed by atoms with Crippen LogP contribution in [0.2, 0.25) is 0 Å². The fourth-order valence-electron chi connectivity index (χ4n) is 3.51. The van der Waals surface area contributed by atoms with Gasteiger partial charge in [-0.25, -0.2) is 15.0 Å². The fraction of sp³-hybridized carbons (Fsp3) is 0.381. The molecule has 1 atom stereocenters. The first-order valence-electron chi connectivity index (χ1n) is 9.78. The molecule has 0 bridgehead atoms. The number of pyridine rings is 1. The number of thiazole rings is 1. The van der Waals surface area contributed by atoms with Gasteiger partial charge in [0.1, 0.15) is 11.0 Å². The maximum absolute atomic E-state index is 12.9. The summed E-state index contributed by atoms with van der Waals surface area (Å²) >= 11 is 1.37. The number of hydrogen-bond donors (Lipinski definition) is 1. The zero-order valence-corrected chi connectivity index (χ0v) is 18.3. The summed E-state index contributed by atoms with van der Waals surface area (Å²) in [5.41, 5.74) is 6.74. The van der Waals surface area contributed by atoms with Crippen molar-refractivity contribution in [1.29, 1.82) is 0 Å². The van der Waals surface area contributed by atoms with Crippen molar-refractivity contribution < 1.29 is 9.53 Å². The highest BCUT2D eigenvalue weighted by Crippen LogP contribution is 2.26. The second-order valence-electron chi connectivity index (χ2n) is 7.40. The Labute approximate surface area is 179 Å². The van der Waals surface area contributed by atoms with Crippen molar-refractivity contribution in [2.24, 2.45) is 0 Å². The van der Waals surface area contributed by atoms with E-state index in [4.69, 9.17) is 4.74 Å². The first kappa shape index (κ1) is 20.4. The molecular formula is C21H24N6O2S. The maximum atomic E-state index is 12.9. The standard InChI is InChI=1S/C21H24N6O2S/c1-12-7-13(2)25-21(24-12)26-16-8-14(3)23-17(9-16)18-10-27(5-6-29-18)20(28)19-15(4)22-11-30-19/h7-9,11,18H,5-6,10H2,1-4H3,(H,23,24,25,26)/t18-/m0/s1. The number of nitrogens with zero attached hydrogens (tertiary/aromatic N) is 5. The van der Waals surface area contributed by atoms with Crippen molar-refractivity contribution in [3.63, 3.8) is 0 Å². The largest absolute Gasteiger partial charge is 0.368 e. The molecule has 0 saturated carbocycles. The van der Waals surface area contributed by atoms with E-state index in [-0.39, 0.29) is 12.0 Å². The third kappa shape index (κ3) is 4.47. The van der Waals surface area contributed by atoms with Crippen molar-refractivity contribution in [3.05, 3.63) is 57.1 Å². The molecule has 1 fully saturated rings. The van der Waals surface area contributed by atoms with Crippen LogP contribution in [0.5, 0.6) is 0 Å². The topological polar surface area (TPSA) is 93.1 Å². The summed E-state index contributed by atoms with van der Waals surface area (Å²) in [7, 11) is 0. The number of carbonyl (C=O) groups excluding carboxylic acids is 1. The molecule has 4 heterocycles. The summed E-state index contributed by atoms with van der Waals surface area (Å²) in [5.74, 6) is 0.545. The second-order valence-corrected chi connectivity index (χ2v) is 8.25. The molecule has 4 rings (SSSR count). The Balaban J connectivity index is 1.54. The lowest BCUT2D eigenvalue weighted by molar-refractivity contribution is -0.0246. The van der Waals surface area contributed by atoms with Crippen LogP contribution in [0.1, 0.15) is 44.2 Å². The predicted molar refractivity (Wildman–Crippen MR) is 115 cm³/mol. The van der Waals surface area contributed by atoms with Gasteiger partial charge in [0, 0.05) is 29.3 Å². The van der Waals surface area contributed by atoms with Crippen molar-refractivity contribution in [2.75, 3.05) is 25.0 Å². The smallest absolute Gasteiger partial charge is 0.266 e. The molecule has 156 valence electrons. The molecule has 30 heavy (non-hydrogen) atoms. The number of hydrogen-bond acceptors (Lipinski definition) is 8. The quantitative estimate of drug-likeness (QED) is 0.685. The van der Waals surface area contributed by atoms with E-state index < -0.39 is 0 Å². The lowest BCUT2D eigenvalue weighted by Gasteiger charge is -2.32. The van der Waals surface area contributed by atoms with E-state index in [1.165, 1.54) is 11.3 Å². The van der Waals surface area contributed by atoms with Crippen LogP contribution < -0.4 is 5.32 Å². The van der Waals surface area contributed by atoms with Gasteiger partial charge in [-0.15, -0.1) is 11.3 Å². The summed E-state index contributed by atoms with van der Waals surface area (Å²) in [6.07, 6.45) is -0.295. The van der Waals surface area contributed by atoms with E-state index >= 15 is 0 Å². The monoisotopic (exact) mass is 424 g/mol. The maximum Gasteiger partial charge on any atom is 0.266 e. The molecule has 0 aliphatic carbocycles. The zero-order chi connectivity index (χ0) is 21.3. The molecule has 1 N–H and O–H groups in total. The number of morpholine rings is 1. The highest BCUT2D eigenvalue weighted by atomic mass is 32.1. The molecular weight excluding hydrogens is 400 g/mol. The van der Waals surface area contributed by atoms with Gasteiger partial charge < -0.3 is 15.0 Å². The van der Waals surface area contributed by atoms with Gasteiger partial charge >= 0.3 is 0 Å². The highest BCUT2D eigenvalue weighted by molar-refractivity contribution is 7.11. The molecule has 3 aromatic heterocycles. The lowest BCUT2D eigenvalue weighted by atomic mass is 10.1. The van der Waals surface area contributed by atoms with Crippen LogP contribution in [0.25, 0.3) is 0 Å². The number of amides is 1. The molecule has 8 nitrogen and oxygen atoms in total. The van der Waals surface area contributed by atoms with Gasteiger partial charge in [-0.1, -0.05) is 0 Å². The molecule has 1 aliphatic heterocycles. The lowest BCUT2D eigenvalue weighted by Crippen LogP contribution is -2.42. The van der Waals surface area contributed by atoms with Crippen LogP contribution in [0.3, 0.4) is 0 Å². The normalized spacial score (nSPS) is 16.5. The van der Waals surface area contributed by atoms with Gasteiger partial charge in [0.2, 0.25) is 5.95 Å². The Kier molecular flexibility index (Phi) is 5.74. The number of aromatic nitrogens is 4. The molecule has 0 spiro atoms. The van der Waals surface area contributed by atoms with E-state index in [0.29, 0.717) is 30.5 Å². The Bertz CT molecular complexity index is 1060. The Morgan fingerprint density at radius 3 is 2.53 bits per heavy atom. The first-order chi connectivity index (χ1) is 14.4. The third-order valence-electron chi connectivity index (χ3n) is 4.83. The average Bonchev–Trinajstić information content (AvgIpc) is 3.12. The van der Waals surface area contributed by atoms with Gasteiger partial charge in [0.15, 0.2) is 0 Å². The molecule has 0 aromatic carbocycles. The summed E-state index contributed by atoms with van der Waals surface area (Å²) < 4.78 is 5.96. The van der Waals surface area contributed by atoms with E-state index in [2.05, 4.69) is 25.3 Å². The minimum Gasteiger partial charge on any atom is -0.368 e. The molecule has 1 saturated heterocycles. The van der Waals surface area contributed by atoms with E-state index in [9.17, 15) is 4.79 Å². The molecule has 1 amide bonds. The van der Waals surface area contributed by atoms with Gasteiger partial charge in [-0.3, -0.25) is 9.78 Å². The Morgan fingerprint density at radius 1 is 1.10 bits per heavy atom. The SMILES string of the molecule is Cc1cc(Nc2nc(C)cc(C)n2)cc([C@@H]2CN(C(=O)c3scnc3C)CCO2)n1. The van der Waals surface area contributed by atoms with Crippen molar-refractivity contribution >= 4 is 28.9 Å². The number of ether oxygens (including phenoxy) is 1. The van der Waals surface area contributed by atoms with E-state index in [1.54, 1.807) is 5.51 Å². The van der Waals surface area contributed by atoms with Crippen LogP contribution in [-0.4, -0.2) is 50.4 Å². The molecule has 1 aliphatic rings. The Hall–Kier alpha value is -2.91. The number of nitrogens with one attached hydrogen (secondary N) is 1. The van der Waals surface area contributed by atoms with Crippen molar-refractivity contribution in [2.45, 2.75) is 33.8 Å². The van der Waals surface area contributed by atoms with Crippen LogP contribution in [-0.2, 0) is 4.74 Å². The van der Waals surface area contributed by atoms with Gasteiger partial charge in [0.05, 0.1) is 30.1 Å². The molecule has 0 unspecified atom stereocenters. The molecule has 9 heteroatoms. The van der Waals surface area contributed by atoms with Gasteiger partial charge in [-0.2, -0.15) is 0 Å². The first-order valence-corrected chi connectivity index (χ1v) is 10.7. The highest BCUT2D eigenvalue weighted by Gasteiger charge is 2.29. The number of carbonyl (C=O) groups is 1. The number of rotatable bonds is 4. The van der Waals surface area contributed by atoms with Crippen LogP contribution >= 0.6 is 11.3 Å². The summed E-state index contributed by atoms with van der Waals surface area (Å²) in [6.45, 7) is 9.14. The third-order valence-corrected chi connectivity index (χ3v) is 5.75. The molecule has 3 aromatic rings.